The predicted octanol–water partition coefficient (Wildman–Crippen LogP) is 2.52. The second kappa shape index (κ2) is 6.41. The lowest BCUT2D eigenvalue weighted by atomic mass is 10.1. The summed E-state index contributed by atoms with van der Waals surface area (Å²) in [6, 6.07) is 11.8. The Kier molecular flexibility index (Phi) is 4.60. The summed E-state index contributed by atoms with van der Waals surface area (Å²) in [6.45, 7) is 4.03. The maximum atomic E-state index is 12.1. The largest absolute Gasteiger partial charge is 0.508 e. The van der Waals surface area contributed by atoms with Gasteiger partial charge in [-0.2, -0.15) is 0 Å². The van der Waals surface area contributed by atoms with Crippen molar-refractivity contribution in [3.63, 3.8) is 0 Å². The fourth-order valence-electron chi connectivity index (χ4n) is 2.03. The van der Waals surface area contributed by atoms with E-state index >= 15 is 0 Å². The van der Waals surface area contributed by atoms with E-state index in [0.717, 1.165) is 16.8 Å². The van der Waals surface area contributed by atoms with Crippen LogP contribution in [0, 0.1) is 13.8 Å². The molecule has 110 valence electrons. The van der Waals surface area contributed by atoms with Crippen molar-refractivity contribution in [1.29, 1.82) is 0 Å². The van der Waals surface area contributed by atoms with Gasteiger partial charge in [-0.25, -0.2) is 0 Å². The summed E-state index contributed by atoms with van der Waals surface area (Å²) >= 11 is 0. The lowest BCUT2D eigenvalue weighted by molar-refractivity contribution is -0.117. The summed E-state index contributed by atoms with van der Waals surface area (Å²) in [5, 5.41) is 12.1. The molecule has 0 heterocycles. The fourth-order valence-corrected chi connectivity index (χ4v) is 2.03. The van der Waals surface area contributed by atoms with Crippen molar-refractivity contribution in [3.05, 3.63) is 59.2 Å². The number of hydrogen-bond donors (Lipinski definition) is 3. The molecule has 0 spiro atoms. The van der Waals surface area contributed by atoms with Crippen LogP contribution in [0.3, 0.4) is 0 Å². The van der Waals surface area contributed by atoms with Gasteiger partial charge in [-0.3, -0.25) is 4.79 Å². The maximum absolute atomic E-state index is 12.1. The molecule has 0 saturated heterocycles. The molecule has 0 aromatic heterocycles. The Morgan fingerprint density at radius 1 is 1.14 bits per heavy atom. The van der Waals surface area contributed by atoms with Gasteiger partial charge in [-0.05, 0) is 61.2 Å². The molecule has 0 unspecified atom stereocenters. The lowest BCUT2D eigenvalue weighted by Crippen LogP contribution is -2.37. The van der Waals surface area contributed by atoms with Gasteiger partial charge in [0.1, 0.15) is 5.75 Å². The number of carbonyl (C=O) groups excluding carboxylic acids is 1. The summed E-state index contributed by atoms with van der Waals surface area (Å²) < 4.78 is 0. The van der Waals surface area contributed by atoms with Gasteiger partial charge in [0.15, 0.2) is 0 Å². The van der Waals surface area contributed by atoms with Crippen LogP contribution >= 0.6 is 0 Å². The first-order valence-corrected chi connectivity index (χ1v) is 6.87. The number of aryl methyl sites for hydroxylation is 2. The number of nitrogens with one attached hydrogen (secondary N) is 1. The maximum Gasteiger partial charge on any atom is 0.241 e. The van der Waals surface area contributed by atoms with Gasteiger partial charge in [0.05, 0.1) is 6.04 Å². The van der Waals surface area contributed by atoms with Crippen LogP contribution in [-0.4, -0.2) is 17.1 Å². The number of phenolic OH excluding ortho intramolecular Hbond substituents is 1. The molecule has 2 rings (SSSR count). The van der Waals surface area contributed by atoms with Crippen molar-refractivity contribution in [2.75, 3.05) is 5.32 Å². The molecule has 4 N–H and O–H groups in total. The second-order valence-corrected chi connectivity index (χ2v) is 5.27. The van der Waals surface area contributed by atoms with Crippen molar-refractivity contribution >= 4 is 11.6 Å². The van der Waals surface area contributed by atoms with E-state index in [1.54, 1.807) is 24.3 Å². The third-order valence-corrected chi connectivity index (χ3v) is 3.50. The van der Waals surface area contributed by atoms with E-state index in [0.29, 0.717) is 6.42 Å². The minimum absolute atomic E-state index is 0.201. The number of carbonyl (C=O) groups is 1. The first-order valence-electron chi connectivity index (χ1n) is 6.87. The molecule has 1 amide bonds. The Labute approximate surface area is 124 Å². The van der Waals surface area contributed by atoms with E-state index in [9.17, 15) is 9.90 Å². The number of phenols is 1. The Balaban J connectivity index is 1.98. The summed E-state index contributed by atoms with van der Waals surface area (Å²) in [7, 11) is 0. The fraction of sp³-hybridized carbons (Fsp3) is 0.235. The van der Waals surface area contributed by atoms with Gasteiger partial charge < -0.3 is 16.2 Å². The topological polar surface area (TPSA) is 75.4 Å². The predicted molar refractivity (Wildman–Crippen MR) is 84.3 cm³/mol. The molecule has 21 heavy (non-hydrogen) atoms. The minimum Gasteiger partial charge on any atom is -0.508 e. The van der Waals surface area contributed by atoms with Crippen LogP contribution in [0.15, 0.2) is 42.5 Å². The smallest absolute Gasteiger partial charge is 0.241 e. The average Bonchev–Trinajstić information content (AvgIpc) is 2.45. The van der Waals surface area contributed by atoms with Gasteiger partial charge in [0.2, 0.25) is 5.91 Å². The van der Waals surface area contributed by atoms with Gasteiger partial charge in [0, 0.05) is 5.69 Å². The van der Waals surface area contributed by atoms with Crippen LogP contribution in [0.5, 0.6) is 5.75 Å². The van der Waals surface area contributed by atoms with Crippen LogP contribution in [0.2, 0.25) is 0 Å². The van der Waals surface area contributed by atoms with Gasteiger partial charge in [0.25, 0.3) is 0 Å². The molecule has 0 aliphatic rings. The SMILES string of the molecule is Cc1ccc(NC(=O)[C@@H](N)Cc2ccc(O)cc2)cc1C. The highest BCUT2D eigenvalue weighted by Gasteiger charge is 2.14. The molecule has 0 radical (unpaired) electrons. The average molecular weight is 284 g/mol. The first-order chi connectivity index (χ1) is 9.95. The zero-order valence-electron chi connectivity index (χ0n) is 12.3. The van der Waals surface area contributed by atoms with Crippen molar-refractivity contribution < 1.29 is 9.90 Å². The summed E-state index contributed by atoms with van der Waals surface area (Å²) in [6.07, 6.45) is 0.428. The van der Waals surface area contributed by atoms with Crippen LogP contribution in [-0.2, 0) is 11.2 Å². The summed E-state index contributed by atoms with van der Waals surface area (Å²) in [4.78, 5) is 12.1. The number of nitrogens with two attached hydrogens (primary N) is 1. The normalized spacial score (nSPS) is 12.0. The van der Waals surface area contributed by atoms with E-state index in [1.165, 1.54) is 5.56 Å². The van der Waals surface area contributed by atoms with E-state index in [2.05, 4.69) is 5.32 Å². The van der Waals surface area contributed by atoms with E-state index in [1.807, 2.05) is 32.0 Å². The zero-order valence-corrected chi connectivity index (χ0v) is 12.3. The number of amides is 1. The minimum atomic E-state index is -0.629. The Morgan fingerprint density at radius 3 is 2.43 bits per heavy atom. The van der Waals surface area contributed by atoms with Crippen LogP contribution in [0.25, 0.3) is 0 Å². The Morgan fingerprint density at radius 2 is 1.81 bits per heavy atom. The first kappa shape index (κ1) is 15.1. The van der Waals surface area contributed by atoms with Crippen molar-refractivity contribution in [1.82, 2.24) is 0 Å². The lowest BCUT2D eigenvalue weighted by Gasteiger charge is -2.13. The molecule has 0 aliphatic heterocycles. The van der Waals surface area contributed by atoms with Crippen LogP contribution < -0.4 is 11.1 Å². The number of hydrogen-bond acceptors (Lipinski definition) is 3. The van der Waals surface area contributed by atoms with Crippen LogP contribution in [0.4, 0.5) is 5.69 Å². The molecule has 0 saturated carbocycles. The zero-order chi connectivity index (χ0) is 15.4. The highest BCUT2D eigenvalue weighted by Crippen LogP contribution is 2.15. The Bertz CT molecular complexity index is 636. The van der Waals surface area contributed by atoms with E-state index in [4.69, 9.17) is 5.73 Å². The molecule has 2 aromatic rings. The van der Waals surface area contributed by atoms with E-state index in [-0.39, 0.29) is 11.7 Å². The molecule has 0 fully saturated rings. The molecular weight excluding hydrogens is 264 g/mol. The second-order valence-electron chi connectivity index (χ2n) is 5.27. The number of benzene rings is 2. The summed E-state index contributed by atoms with van der Waals surface area (Å²) in [5.41, 5.74) is 9.90. The van der Waals surface area contributed by atoms with Crippen molar-refractivity contribution in [3.8, 4) is 5.75 Å². The number of aromatic hydroxyl groups is 1. The number of rotatable bonds is 4. The highest BCUT2D eigenvalue weighted by molar-refractivity contribution is 5.94. The van der Waals surface area contributed by atoms with Gasteiger partial charge in [-0.1, -0.05) is 18.2 Å². The third kappa shape index (κ3) is 4.07. The third-order valence-electron chi connectivity index (χ3n) is 3.50. The monoisotopic (exact) mass is 284 g/mol. The molecule has 2 aromatic carbocycles. The van der Waals surface area contributed by atoms with Crippen LogP contribution in [0.1, 0.15) is 16.7 Å². The van der Waals surface area contributed by atoms with Crippen molar-refractivity contribution in [2.24, 2.45) is 5.73 Å². The summed E-state index contributed by atoms with van der Waals surface area (Å²) in [5.74, 6) is -0.0155. The molecule has 1 atom stereocenters. The number of anilines is 1. The van der Waals surface area contributed by atoms with Crippen molar-refractivity contribution in [2.45, 2.75) is 26.3 Å². The molecule has 0 bridgehead atoms. The van der Waals surface area contributed by atoms with Gasteiger partial charge >= 0.3 is 0 Å². The standard InChI is InChI=1S/C17H20N2O2/c1-11-3-6-14(9-12(11)2)19-17(21)16(18)10-13-4-7-15(20)8-5-13/h3-9,16,20H,10,18H2,1-2H3,(H,19,21)/t16-/m0/s1. The molecule has 0 aliphatic carbocycles. The quantitative estimate of drug-likeness (QED) is 0.807. The highest BCUT2D eigenvalue weighted by atomic mass is 16.3. The molecule has 4 heteroatoms. The van der Waals surface area contributed by atoms with Gasteiger partial charge in [-0.15, -0.1) is 0 Å². The molecular formula is C17H20N2O2. The Hall–Kier alpha value is -2.33. The molecule has 4 nitrogen and oxygen atoms in total. The van der Waals surface area contributed by atoms with E-state index < -0.39 is 6.04 Å².